The summed E-state index contributed by atoms with van der Waals surface area (Å²) in [6.07, 6.45) is 13.0. The Hall–Kier alpha value is -4.02. The van der Waals surface area contributed by atoms with Crippen molar-refractivity contribution in [2.24, 2.45) is 12.8 Å². The molecule has 1 saturated heterocycles. The van der Waals surface area contributed by atoms with E-state index in [0.717, 1.165) is 37.4 Å². The van der Waals surface area contributed by atoms with Crippen molar-refractivity contribution in [3.8, 4) is 0 Å². The van der Waals surface area contributed by atoms with Gasteiger partial charge >= 0.3 is 0 Å². The molecular weight excluding hydrogens is 446 g/mol. The quantitative estimate of drug-likeness (QED) is 0.491. The number of nitrogens with zero attached hydrogens (tertiary/aromatic N) is 6. The van der Waals surface area contributed by atoms with E-state index in [4.69, 9.17) is 5.73 Å². The number of aromatic nitrogens is 5. The predicted molar refractivity (Wildman–Crippen MR) is 133 cm³/mol. The Morgan fingerprint density at radius 1 is 1.06 bits per heavy atom. The molecule has 35 heavy (non-hydrogen) atoms. The second-order valence-corrected chi connectivity index (χ2v) is 8.70. The SMILES string of the molecule is CNC(=O)c1ncc(N2CCCCC2)nc1Nc1cnn(C)c1.NC(=O)c1ccc(C2CC2)cn1. The van der Waals surface area contributed by atoms with Gasteiger partial charge in [0.2, 0.25) is 0 Å². The molecule has 5 rings (SSSR count). The summed E-state index contributed by atoms with van der Waals surface area (Å²) in [6.45, 7) is 1.95. The molecule has 2 amide bonds. The molecule has 4 N–H and O–H groups in total. The average Bonchev–Trinajstić information content (AvgIpc) is 3.66. The van der Waals surface area contributed by atoms with Crippen LogP contribution < -0.4 is 21.3 Å². The van der Waals surface area contributed by atoms with Crippen molar-refractivity contribution >= 4 is 29.1 Å². The highest BCUT2D eigenvalue weighted by Crippen LogP contribution is 2.39. The molecule has 2 fully saturated rings. The van der Waals surface area contributed by atoms with Crippen molar-refractivity contribution in [1.29, 1.82) is 0 Å². The Bertz CT molecular complexity index is 1170. The minimum atomic E-state index is -0.461. The molecule has 1 aliphatic carbocycles. The molecular formula is C24H31N9O2. The fourth-order valence-corrected chi connectivity index (χ4v) is 3.86. The largest absolute Gasteiger partial charge is 0.364 e. The highest BCUT2D eigenvalue weighted by molar-refractivity contribution is 5.97. The third kappa shape index (κ3) is 6.31. The number of anilines is 3. The van der Waals surface area contributed by atoms with Crippen molar-refractivity contribution in [2.75, 3.05) is 30.4 Å². The molecule has 3 aromatic rings. The molecule has 1 saturated carbocycles. The number of carbonyl (C=O) groups is 2. The van der Waals surface area contributed by atoms with E-state index in [1.807, 2.05) is 19.3 Å². The summed E-state index contributed by atoms with van der Waals surface area (Å²) in [7, 11) is 3.41. The molecule has 0 unspecified atom stereocenters. The molecule has 0 atom stereocenters. The number of hydrogen-bond acceptors (Lipinski definition) is 8. The molecule has 2 aliphatic rings. The van der Waals surface area contributed by atoms with Crippen LogP contribution in [0.2, 0.25) is 0 Å². The van der Waals surface area contributed by atoms with Crippen LogP contribution in [-0.4, -0.2) is 56.7 Å². The molecule has 11 nitrogen and oxygen atoms in total. The number of nitrogens with two attached hydrogens (primary N) is 1. The fourth-order valence-electron chi connectivity index (χ4n) is 3.86. The van der Waals surface area contributed by atoms with Crippen LogP contribution in [0.3, 0.4) is 0 Å². The highest BCUT2D eigenvalue weighted by atomic mass is 16.2. The van der Waals surface area contributed by atoms with Crippen molar-refractivity contribution in [3.05, 3.63) is 53.9 Å². The van der Waals surface area contributed by atoms with Gasteiger partial charge in [-0.1, -0.05) is 6.07 Å². The second kappa shape index (κ2) is 10.9. The van der Waals surface area contributed by atoms with Gasteiger partial charge in [0.25, 0.3) is 11.8 Å². The van der Waals surface area contributed by atoms with Crippen LogP contribution in [0.5, 0.6) is 0 Å². The minimum Gasteiger partial charge on any atom is -0.364 e. The first-order valence-corrected chi connectivity index (χ1v) is 11.8. The molecule has 0 aromatic carbocycles. The first-order valence-electron chi connectivity index (χ1n) is 11.8. The van der Waals surface area contributed by atoms with Gasteiger partial charge in [0.15, 0.2) is 11.5 Å². The first kappa shape index (κ1) is 24.1. The lowest BCUT2D eigenvalue weighted by Gasteiger charge is -2.27. The summed E-state index contributed by atoms with van der Waals surface area (Å²) in [6, 6.07) is 3.63. The zero-order valence-electron chi connectivity index (χ0n) is 20.1. The summed E-state index contributed by atoms with van der Waals surface area (Å²) in [5.41, 5.74) is 7.66. The van der Waals surface area contributed by atoms with E-state index in [0.29, 0.717) is 17.4 Å². The van der Waals surface area contributed by atoms with Crippen LogP contribution >= 0.6 is 0 Å². The van der Waals surface area contributed by atoms with Crippen LogP contribution in [-0.2, 0) is 7.05 Å². The maximum Gasteiger partial charge on any atom is 0.273 e. The van der Waals surface area contributed by atoms with Gasteiger partial charge in [0, 0.05) is 39.6 Å². The molecule has 1 aliphatic heterocycles. The van der Waals surface area contributed by atoms with Crippen LogP contribution in [0, 0.1) is 0 Å². The van der Waals surface area contributed by atoms with E-state index >= 15 is 0 Å². The Morgan fingerprint density at radius 2 is 1.83 bits per heavy atom. The Balaban J connectivity index is 0.000000201. The van der Waals surface area contributed by atoms with Crippen LogP contribution in [0.25, 0.3) is 0 Å². The van der Waals surface area contributed by atoms with E-state index in [9.17, 15) is 9.59 Å². The van der Waals surface area contributed by atoms with E-state index in [-0.39, 0.29) is 11.6 Å². The van der Waals surface area contributed by atoms with Gasteiger partial charge in [0.1, 0.15) is 11.5 Å². The first-order chi connectivity index (χ1) is 16.9. The Morgan fingerprint density at radius 3 is 2.40 bits per heavy atom. The Labute approximate surface area is 204 Å². The van der Waals surface area contributed by atoms with Gasteiger partial charge in [-0.05, 0) is 49.7 Å². The number of carbonyl (C=O) groups excluding carboxylic acids is 2. The summed E-state index contributed by atoms with van der Waals surface area (Å²) in [5.74, 6) is 1.19. The molecule has 0 radical (unpaired) electrons. The number of pyridine rings is 1. The number of amides is 2. The molecule has 0 spiro atoms. The maximum atomic E-state index is 12.0. The molecule has 0 bridgehead atoms. The molecule has 4 heterocycles. The zero-order valence-corrected chi connectivity index (χ0v) is 20.1. The third-order valence-electron chi connectivity index (χ3n) is 5.94. The van der Waals surface area contributed by atoms with E-state index in [1.165, 1.54) is 24.8 Å². The van der Waals surface area contributed by atoms with E-state index in [2.05, 4.69) is 35.6 Å². The topological polar surface area (TPSA) is 144 Å². The highest BCUT2D eigenvalue weighted by Gasteiger charge is 2.23. The van der Waals surface area contributed by atoms with Gasteiger partial charge < -0.3 is 21.3 Å². The second-order valence-electron chi connectivity index (χ2n) is 8.70. The number of hydrogen-bond donors (Lipinski definition) is 3. The maximum absolute atomic E-state index is 12.0. The number of rotatable bonds is 6. The minimum absolute atomic E-state index is 0.269. The van der Waals surface area contributed by atoms with E-state index < -0.39 is 5.91 Å². The summed E-state index contributed by atoms with van der Waals surface area (Å²) in [4.78, 5) is 37.8. The monoisotopic (exact) mass is 477 g/mol. The third-order valence-corrected chi connectivity index (χ3v) is 5.94. The summed E-state index contributed by atoms with van der Waals surface area (Å²) < 4.78 is 1.68. The van der Waals surface area contributed by atoms with Crippen molar-refractivity contribution < 1.29 is 9.59 Å². The van der Waals surface area contributed by atoms with Crippen LogP contribution in [0.1, 0.15) is 64.6 Å². The lowest BCUT2D eigenvalue weighted by molar-refractivity contribution is 0.0957. The molecule has 3 aromatic heterocycles. The number of nitrogens with one attached hydrogen (secondary N) is 2. The van der Waals surface area contributed by atoms with E-state index in [1.54, 1.807) is 36.4 Å². The van der Waals surface area contributed by atoms with Gasteiger partial charge in [-0.2, -0.15) is 5.10 Å². The lowest BCUT2D eigenvalue weighted by Crippen LogP contribution is -2.31. The van der Waals surface area contributed by atoms with Crippen LogP contribution in [0.4, 0.5) is 17.3 Å². The average molecular weight is 478 g/mol. The predicted octanol–water partition coefficient (Wildman–Crippen LogP) is 2.36. The van der Waals surface area contributed by atoms with Crippen molar-refractivity contribution in [3.63, 3.8) is 0 Å². The van der Waals surface area contributed by atoms with Crippen molar-refractivity contribution in [2.45, 2.75) is 38.0 Å². The normalized spacial score (nSPS) is 15.1. The number of aryl methyl sites for hydroxylation is 1. The summed E-state index contributed by atoms with van der Waals surface area (Å²) in [5, 5.41) is 9.85. The molecule has 11 heteroatoms. The molecule has 184 valence electrons. The lowest BCUT2D eigenvalue weighted by atomic mass is 10.1. The van der Waals surface area contributed by atoms with Gasteiger partial charge in [-0.25, -0.2) is 9.97 Å². The van der Waals surface area contributed by atoms with Crippen LogP contribution in [0.15, 0.2) is 36.9 Å². The van der Waals surface area contributed by atoms with Crippen molar-refractivity contribution in [1.82, 2.24) is 30.0 Å². The zero-order chi connectivity index (χ0) is 24.8. The standard InChI is InChI=1S/C15H21N7O.C9H10N2O/c1-16-15(23)13-14(19-11-8-18-21(2)10-11)20-12(9-17-13)22-6-4-3-5-7-22;10-9(12)8-4-3-7(5-11-8)6-1-2-6/h8-10H,3-7H2,1-2H3,(H,16,23)(H,19,20);3-6H,1-2H2,(H2,10,12). The Kier molecular flexibility index (Phi) is 7.54. The smallest absolute Gasteiger partial charge is 0.273 e. The van der Waals surface area contributed by atoms with Gasteiger partial charge in [-0.15, -0.1) is 0 Å². The number of primary amides is 1. The fraction of sp³-hybridized carbons (Fsp3) is 0.417. The van der Waals surface area contributed by atoms with Gasteiger partial charge in [0.05, 0.1) is 18.1 Å². The van der Waals surface area contributed by atoms with Gasteiger partial charge in [-0.3, -0.25) is 19.3 Å². The summed E-state index contributed by atoms with van der Waals surface area (Å²) >= 11 is 0. The number of piperidine rings is 1.